The number of aryl methyl sites for hydroxylation is 1. The molecule has 1 saturated heterocycles. The Morgan fingerprint density at radius 1 is 1.33 bits per heavy atom. The minimum Gasteiger partial charge on any atom is -0.424 e. The Labute approximate surface area is 160 Å². The number of hydrogen-bond donors (Lipinski definition) is 0. The smallest absolute Gasteiger partial charge is 0.234 e. The molecule has 0 radical (unpaired) electrons. The highest BCUT2D eigenvalue weighted by atomic mass is 32.2. The van der Waals surface area contributed by atoms with Crippen LogP contribution in [0.25, 0.3) is 5.52 Å². The third-order valence-electron chi connectivity index (χ3n) is 4.47. The lowest BCUT2D eigenvalue weighted by Crippen LogP contribution is -2.49. The predicted octanol–water partition coefficient (Wildman–Crippen LogP) is 1.94. The van der Waals surface area contributed by atoms with Crippen molar-refractivity contribution in [1.29, 1.82) is 5.26 Å². The molecule has 8 nitrogen and oxygen atoms in total. The van der Waals surface area contributed by atoms with Crippen LogP contribution in [0.1, 0.15) is 11.6 Å². The molecule has 0 bridgehead atoms. The van der Waals surface area contributed by atoms with E-state index in [2.05, 4.69) is 16.0 Å². The van der Waals surface area contributed by atoms with Gasteiger partial charge in [0.1, 0.15) is 6.07 Å². The van der Waals surface area contributed by atoms with Gasteiger partial charge in [0.15, 0.2) is 11.0 Å². The third-order valence-corrected chi connectivity index (χ3v) is 5.42. The molecule has 3 aromatic heterocycles. The largest absolute Gasteiger partial charge is 0.424 e. The lowest BCUT2D eigenvalue weighted by Gasteiger charge is -2.34. The van der Waals surface area contributed by atoms with Crippen molar-refractivity contribution in [2.24, 2.45) is 0 Å². The van der Waals surface area contributed by atoms with Crippen LogP contribution in [-0.2, 0) is 4.79 Å². The average Bonchev–Trinajstić information content (AvgIpc) is 3.29. The fourth-order valence-corrected chi connectivity index (χ4v) is 3.97. The molecule has 0 N–H and O–H groups in total. The van der Waals surface area contributed by atoms with Crippen molar-refractivity contribution in [2.75, 3.05) is 36.8 Å². The summed E-state index contributed by atoms with van der Waals surface area (Å²) in [5, 5.41) is 9.98. The van der Waals surface area contributed by atoms with Gasteiger partial charge in [0.05, 0.1) is 17.5 Å². The number of nitriles is 1. The number of imidazole rings is 1. The molecule has 1 aliphatic rings. The summed E-state index contributed by atoms with van der Waals surface area (Å²) in [6.45, 7) is 4.14. The molecule has 0 atom stereocenters. The molecule has 0 unspecified atom stereocenters. The maximum atomic E-state index is 12.6. The Bertz CT molecular complexity index is 1010. The van der Waals surface area contributed by atoms with Crippen LogP contribution in [0.5, 0.6) is 0 Å². The zero-order valence-corrected chi connectivity index (χ0v) is 15.6. The molecule has 4 rings (SSSR count). The van der Waals surface area contributed by atoms with Gasteiger partial charge in [0, 0.05) is 39.3 Å². The van der Waals surface area contributed by atoms with E-state index in [9.17, 15) is 4.79 Å². The highest BCUT2D eigenvalue weighted by molar-refractivity contribution is 7.99. The lowest BCUT2D eigenvalue weighted by atomic mass is 10.3. The van der Waals surface area contributed by atoms with Crippen LogP contribution in [0.15, 0.2) is 40.2 Å². The van der Waals surface area contributed by atoms with E-state index in [4.69, 9.17) is 9.68 Å². The van der Waals surface area contributed by atoms with Crippen molar-refractivity contribution >= 4 is 29.1 Å². The highest BCUT2D eigenvalue weighted by Gasteiger charge is 2.25. The van der Waals surface area contributed by atoms with E-state index in [0.29, 0.717) is 49.4 Å². The molecular weight excluding hydrogens is 364 g/mol. The van der Waals surface area contributed by atoms with Gasteiger partial charge in [0.2, 0.25) is 17.5 Å². The molecule has 138 valence electrons. The summed E-state index contributed by atoms with van der Waals surface area (Å²) in [5.41, 5.74) is 1.31. The fraction of sp³-hybridized carbons (Fsp3) is 0.333. The van der Waals surface area contributed by atoms with Crippen molar-refractivity contribution < 1.29 is 9.21 Å². The molecule has 4 heterocycles. The topological polar surface area (TPSA) is 90.7 Å². The maximum absolute atomic E-state index is 12.6. The molecule has 1 fully saturated rings. The Balaban J connectivity index is 1.34. The lowest BCUT2D eigenvalue weighted by molar-refractivity contribution is -0.128. The van der Waals surface area contributed by atoms with Crippen LogP contribution < -0.4 is 4.90 Å². The van der Waals surface area contributed by atoms with Crippen molar-refractivity contribution in [3.05, 3.63) is 42.2 Å². The SMILES string of the molecule is Cc1nc(C#N)c(N2CCN(C(=O)CSc3ncc4ccccn34)CC2)o1. The minimum absolute atomic E-state index is 0.0848. The second-order valence-electron chi connectivity index (χ2n) is 6.19. The summed E-state index contributed by atoms with van der Waals surface area (Å²) in [5.74, 6) is 1.41. The van der Waals surface area contributed by atoms with Gasteiger partial charge >= 0.3 is 0 Å². The van der Waals surface area contributed by atoms with E-state index in [1.165, 1.54) is 11.8 Å². The maximum Gasteiger partial charge on any atom is 0.234 e. The van der Waals surface area contributed by atoms with Crippen molar-refractivity contribution in [2.45, 2.75) is 12.1 Å². The van der Waals surface area contributed by atoms with Gasteiger partial charge in [-0.25, -0.2) is 9.97 Å². The standard InChI is InChI=1S/C18H18N6O2S/c1-13-21-15(10-19)17(26-13)23-8-6-22(7-9-23)16(25)12-27-18-20-11-14-4-2-3-5-24(14)18/h2-5,11H,6-9,12H2,1H3. The van der Waals surface area contributed by atoms with Crippen molar-refractivity contribution in [3.63, 3.8) is 0 Å². The average molecular weight is 382 g/mol. The molecule has 0 saturated carbocycles. The second-order valence-corrected chi connectivity index (χ2v) is 7.13. The van der Waals surface area contributed by atoms with Gasteiger partial charge in [0.25, 0.3) is 0 Å². The summed E-state index contributed by atoms with van der Waals surface area (Å²) >= 11 is 1.44. The van der Waals surface area contributed by atoms with E-state index in [-0.39, 0.29) is 5.91 Å². The van der Waals surface area contributed by atoms with Crippen LogP contribution in [0.4, 0.5) is 5.88 Å². The molecule has 0 aliphatic carbocycles. The van der Waals surface area contributed by atoms with E-state index < -0.39 is 0 Å². The Hall–Kier alpha value is -2.99. The number of pyridine rings is 1. The number of carbonyl (C=O) groups is 1. The van der Waals surface area contributed by atoms with Crippen molar-refractivity contribution in [1.82, 2.24) is 19.3 Å². The van der Waals surface area contributed by atoms with Crippen LogP contribution in [0.3, 0.4) is 0 Å². The highest BCUT2D eigenvalue weighted by Crippen LogP contribution is 2.23. The minimum atomic E-state index is 0.0848. The monoisotopic (exact) mass is 382 g/mol. The molecule has 3 aromatic rings. The fourth-order valence-electron chi connectivity index (χ4n) is 3.11. The number of rotatable bonds is 4. The first-order valence-corrected chi connectivity index (χ1v) is 9.59. The Morgan fingerprint density at radius 3 is 2.93 bits per heavy atom. The first-order valence-electron chi connectivity index (χ1n) is 8.61. The number of hydrogen-bond acceptors (Lipinski definition) is 7. The van der Waals surface area contributed by atoms with Gasteiger partial charge in [-0.2, -0.15) is 5.26 Å². The first-order chi connectivity index (χ1) is 13.2. The molecule has 0 aromatic carbocycles. The normalized spacial score (nSPS) is 14.5. The van der Waals surface area contributed by atoms with Gasteiger partial charge in [-0.15, -0.1) is 0 Å². The quantitative estimate of drug-likeness (QED) is 0.637. The van der Waals surface area contributed by atoms with Gasteiger partial charge in [-0.3, -0.25) is 9.20 Å². The molecule has 9 heteroatoms. The number of anilines is 1. The Morgan fingerprint density at radius 2 is 2.15 bits per heavy atom. The van der Waals surface area contributed by atoms with Crippen LogP contribution in [0, 0.1) is 18.3 Å². The number of oxazole rings is 1. The summed E-state index contributed by atoms with van der Waals surface area (Å²) in [7, 11) is 0. The molecular formula is C18H18N6O2S. The zero-order chi connectivity index (χ0) is 18.8. The second kappa shape index (κ2) is 7.32. The molecule has 0 spiro atoms. The van der Waals surface area contributed by atoms with E-state index >= 15 is 0 Å². The van der Waals surface area contributed by atoms with Crippen molar-refractivity contribution in [3.8, 4) is 6.07 Å². The third kappa shape index (κ3) is 3.48. The summed E-state index contributed by atoms with van der Waals surface area (Å²) in [6.07, 6.45) is 3.75. The number of aromatic nitrogens is 3. The van der Waals surface area contributed by atoms with Gasteiger partial charge < -0.3 is 14.2 Å². The summed E-state index contributed by atoms with van der Waals surface area (Å²) in [6, 6.07) is 7.95. The number of piperazine rings is 1. The van der Waals surface area contributed by atoms with Gasteiger partial charge in [-0.1, -0.05) is 17.8 Å². The number of nitrogens with zero attached hydrogens (tertiary/aromatic N) is 6. The van der Waals surface area contributed by atoms with E-state index in [0.717, 1.165) is 10.7 Å². The molecule has 1 aliphatic heterocycles. The van der Waals surface area contributed by atoms with Crippen LogP contribution in [-0.4, -0.2) is 57.1 Å². The summed E-state index contributed by atoms with van der Waals surface area (Å²) < 4.78 is 7.53. The number of thioether (sulfide) groups is 1. The first kappa shape index (κ1) is 17.4. The van der Waals surface area contributed by atoms with E-state index in [1.807, 2.05) is 38.6 Å². The number of fused-ring (bicyclic) bond motifs is 1. The Kier molecular flexibility index (Phi) is 4.73. The van der Waals surface area contributed by atoms with Gasteiger partial charge in [-0.05, 0) is 12.1 Å². The molecule has 27 heavy (non-hydrogen) atoms. The summed E-state index contributed by atoms with van der Waals surface area (Å²) in [4.78, 5) is 24.8. The number of carbonyl (C=O) groups excluding carboxylic acids is 1. The van der Waals surface area contributed by atoms with E-state index in [1.54, 1.807) is 13.1 Å². The van der Waals surface area contributed by atoms with Crippen LogP contribution in [0.2, 0.25) is 0 Å². The zero-order valence-electron chi connectivity index (χ0n) is 14.8. The molecule has 1 amide bonds. The number of amides is 1. The van der Waals surface area contributed by atoms with Crippen LogP contribution >= 0.6 is 11.8 Å². The predicted molar refractivity (Wildman–Crippen MR) is 101 cm³/mol.